The molecule has 0 bridgehead atoms. The molecule has 32 heavy (non-hydrogen) atoms. The van der Waals surface area contributed by atoms with Crippen LogP contribution in [0.1, 0.15) is 5.56 Å². The molecule has 164 valence electrons. The largest absolute Gasteiger partial charge is 0.496 e. The third-order valence-electron chi connectivity index (χ3n) is 4.57. The summed E-state index contributed by atoms with van der Waals surface area (Å²) in [5.74, 6) is 1.44. The molecule has 6 nitrogen and oxygen atoms in total. The number of ether oxygens (including phenoxy) is 3. The third-order valence-corrected chi connectivity index (χ3v) is 6.27. The number of halogens is 1. The molecule has 4 rings (SSSR count). The topological polar surface area (TPSA) is 57.3 Å². The highest BCUT2D eigenvalue weighted by Gasteiger charge is 2.13. The van der Waals surface area contributed by atoms with Gasteiger partial charge in [0.2, 0.25) is 4.80 Å². The molecule has 0 aliphatic carbocycles. The molecule has 0 saturated heterocycles. The summed E-state index contributed by atoms with van der Waals surface area (Å²) in [7, 11) is 4.74. The molecule has 0 atom stereocenters. The molecule has 0 radical (unpaired) electrons. The average molecular weight is 470 g/mol. The van der Waals surface area contributed by atoms with Gasteiger partial charge in [-0.25, -0.2) is 14.1 Å². The highest BCUT2D eigenvalue weighted by molar-refractivity contribution is 7.14. The van der Waals surface area contributed by atoms with E-state index < -0.39 is 0 Å². The fraction of sp³-hybridized carbons (Fsp3) is 0.130. The van der Waals surface area contributed by atoms with E-state index in [9.17, 15) is 4.39 Å². The maximum Gasteiger partial charge on any atom is 0.211 e. The third kappa shape index (κ3) is 4.58. The molecule has 0 aliphatic rings. The van der Waals surface area contributed by atoms with Gasteiger partial charge in [0, 0.05) is 17.5 Å². The summed E-state index contributed by atoms with van der Waals surface area (Å²) in [6.45, 7) is 0. The summed E-state index contributed by atoms with van der Waals surface area (Å²) in [5.41, 5.74) is 2.20. The minimum absolute atomic E-state index is 0.306. The Kier molecular flexibility index (Phi) is 6.67. The Bertz CT molecular complexity index is 1270. The van der Waals surface area contributed by atoms with Crippen molar-refractivity contribution in [2.75, 3.05) is 21.3 Å². The smallest absolute Gasteiger partial charge is 0.211 e. The summed E-state index contributed by atoms with van der Waals surface area (Å²) >= 11 is 3.06. The highest BCUT2D eigenvalue weighted by atomic mass is 32.1. The van der Waals surface area contributed by atoms with Crippen molar-refractivity contribution in [3.05, 3.63) is 75.5 Å². The van der Waals surface area contributed by atoms with Gasteiger partial charge in [0.15, 0.2) is 0 Å². The van der Waals surface area contributed by atoms with Crippen LogP contribution >= 0.6 is 22.7 Å². The standard InChI is InChI=1S/C23H20FN3O3S2/c1-28-17-11-20(29-2)18(21(12-17)30-3)13-25-27-19(22-5-4-10-31-22)14-32-23(27)26-16-8-6-15(24)7-9-16/h4-14H,1-3H3. The Balaban J connectivity index is 1.85. The van der Waals surface area contributed by atoms with Crippen LogP contribution in [-0.2, 0) is 0 Å². The first-order valence-corrected chi connectivity index (χ1v) is 11.3. The van der Waals surface area contributed by atoms with Crippen molar-refractivity contribution in [3.8, 4) is 27.8 Å². The number of thiazole rings is 1. The fourth-order valence-electron chi connectivity index (χ4n) is 2.98. The van der Waals surface area contributed by atoms with E-state index in [1.807, 2.05) is 22.9 Å². The van der Waals surface area contributed by atoms with Crippen LogP contribution in [0.2, 0.25) is 0 Å². The first-order chi connectivity index (χ1) is 15.6. The van der Waals surface area contributed by atoms with Gasteiger partial charge in [-0.2, -0.15) is 5.10 Å². The molecule has 4 aromatic rings. The Morgan fingerprint density at radius 1 is 0.938 bits per heavy atom. The van der Waals surface area contributed by atoms with Crippen LogP contribution in [0.4, 0.5) is 10.1 Å². The van der Waals surface area contributed by atoms with Crippen LogP contribution in [0.25, 0.3) is 10.6 Å². The van der Waals surface area contributed by atoms with Crippen molar-refractivity contribution in [2.24, 2.45) is 10.1 Å². The number of hydrogen-bond acceptors (Lipinski definition) is 7. The second kappa shape index (κ2) is 9.80. The summed E-state index contributed by atoms with van der Waals surface area (Å²) in [6.07, 6.45) is 1.67. The van der Waals surface area contributed by atoms with Crippen molar-refractivity contribution in [1.82, 2.24) is 4.68 Å². The second-order valence-corrected chi connectivity index (χ2v) is 8.26. The Morgan fingerprint density at radius 2 is 1.66 bits per heavy atom. The van der Waals surface area contributed by atoms with E-state index in [4.69, 9.17) is 19.3 Å². The molecule has 2 aromatic carbocycles. The monoisotopic (exact) mass is 469 g/mol. The zero-order valence-electron chi connectivity index (χ0n) is 17.6. The van der Waals surface area contributed by atoms with E-state index in [-0.39, 0.29) is 5.82 Å². The molecule has 0 spiro atoms. The number of aromatic nitrogens is 1. The number of methoxy groups -OCH3 is 3. The summed E-state index contributed by atoms with van der Waals surface area (Å²) in [6, 6.07) is 13.6. The van der Waals surface area contributed by atoms with Crippen LogP contribution in [0.3, 0.4) is 0 Å². The predicted octanol–water partition coefficient (Wildman–Crippen LogP) is 5.56. The summed E-state index contributed by atoms with van der Waals surface area (Å²) in [4.78, 5) is 6.35. The van der Waals surface area contributed by atoms with Gasteiger partial charge in [-0.15, -0.1) is 22.7 Å². The quantitative estimate of drug-likeness (QED) is 0.333. The molecule has 2 aromatic heterocycles. The van der Waals surface area contributed by atoms with Gasteiger partial charge in [-0.3, -0.25) is 0 Å². The van der Waals surface area contributed by atoms with Crippen LogP contribution in [0.15, 0.2) is 69.4 Å². The number of rotatable bonds is 7. The molecule has 0 unspecified atom stereocenters. The average Bonchev–Trinajstić information content (AvgIpc) is 3.48. The van der Waals surface area contributed by atoms with E-state index >= 15 is 0 Å². The van der Waals surface area contributed by atoms with E-state index in [1.54, 1.807) is 67.8 Å². The molecule has 2 heterocycles. The van der Waals surface area contributed by atoms with E-state index in [0.29, 0.717) is 33.3 Å². The van der Waals surface area contributed by atoms with Crippen LogP contribution in [0.5, 0.6) is 17.2 Å². The van der Waals surface area contributed by atoms with E-state index in [1.165, 1.54) is 23.5 Å². The van der Waals surface area contributed by atoms with Crippen LogP contribution in [-0.4, -0.2) is 32.2 Å². The lowest BCUT2D eigenvalue weighted by Gasteiger charge is -2.12. The normalized spacial score (nSPS) is 11.8. The molecule has 0 saturated carbocycles. The lowest BCUT2D eigenvalue weighted by molar-refractivity contribution is 0.374. The van der Waals surface area contributed by atoms with Gasteiger partial charge in [0.25, 0.3) is 0 Å². The first-order valence-electron chi connectivity index (χ1n) is 9.52. The SMILES string of the molecule is COc1cc(OC)c(C=Nn2c(-c3cccs3)csc2=Nc2ccc(F)cc2)c(OC)c1. The summed E-state index contributed by atoms with van der Waals surface area (Å²) in [5, 5.41) is 8.72. The van der Waals surface area contributed by atoms with Crippen LogP contribution < -0.4 is 19.0 Å². The number of nitrogens with zero attached hydrogens (tertiary/aromatic N) is 3. The number of hydrogen-bond donors (Lipinski definition) is 0. The maximum atomic E-state index is 13.3. The Morgan fingerprint density at radius 3 is 2.25 bits per heavy atom. The van der Waals surface area contributed by atoms with E-state index in [2.05, 4.69) is 4.99 Å². The zero-order valence-corrected chi connectivity index (χ0v) is 19.2. The molecular weight excluding hydrogens is 449 g/mol. The Hall–Kier alpha value is -3.43. The van der Waals surface area contributed by atoms with Gasteiger partial charge in [-0.1, -0.05) is 6.07 Å². The Labute approximate surface area is 192 Å². The van der Waals surface area contributed by atoms with Crippen LogP contribution in [0, 0.1) is 5.82 Å². The lowest BCUT2D eigenvalue weighted by Crippen LogP contribution is -2.11. The van der Waals surface area contributed by atoms with Gasteiger partial charge >= 0.3 is 0 Å². The minimum atomic E-state index is -0.306. The van der Waals surface area contributed by atoms with Gasteiger partial charge in [-0.05, 0) is 35.7 Å². The van der Waals surface area contributed by atoms with Crippen molar-refractivity contribution in [1.29, 1.82) is 0 Å². The molecule has 0 fully saturated rings. The zero-order chi connectivity index (χ0) is 22.5. The molecule has 9 heteroatoms. The highest BCUT2D eigenvalue weighted by Crippen LogP contribution is 2.33. The fourth-order valence-corrected chi connectivity index (χ4v) is 4.63. The molecule has 0 aliphatic heterocycles. The predicted molar refractivity (Wildman–Crippen MR) is 126 cm³/mol. The van der Waals surface area contributed by atoms with E-state index in [0.717, 1.165) is 10.6 Å². The summed E-state index contributed by atoms with van der Waals surface area (Å²) < 4.78 is 31.4. The molecule has 0 amide bonds. The van der Waals surface area contributed by atoms with Crippen molar-refractivity contribution in [2.45, 2.75) is 0 Å². The second-order valence-electron chi connectivity index (χ2n) is 6.47. The lowest BCUT2D eigenvalue weighted by atomic mass is 10.2. The minimum Gasteiger partial charge on any atom is -0.496 e. The van der Waals surface area contributed by atoms with Crippen molar-refractivity contribution < 1.29 is 18.6 Å². The van der Waals surface area contributed by atoms with Gasteiger partial charge < -0.3 is 14.2 Å². The molecular formula is C23H20FN3O3S2. The number of benzene rings is 2. The van der Waals surface area contributed by atoms with Gasteiger partial charge in [0.1, 0.15) is 23.1 Å². The maximum absolute atomic E-state index is 13.3. The first kappa shape index (κ1) is 21.8. The van der Waals surface area contributed by atoms with Gasteiger partial charge in [0.05, 0.1) is 49.4 Å². The van der Waals surface area contributed by atoms with Crippen molar-refractivity contribution >= 4 is 34.6 Å². The van der Waals surface area contributed by atoms with Crippen molar-refractivity contribution in [3.63, 3.8) is 0 Å². The number of thiophene rings is 1. The molecule has 0 N–H and O–H groups in total.